The average molecular weight is 271 g/mol. The Balaban J connectivity index is 1.59. The number of oxime groups is 1. The van der Waals surface area contributed by atoms with E-state index in [4.69, 9.17) is 4.84 Å². The van der Waals surface area contributed by atoms with E-state index in [-0.39, 0.29) is 30.4 Å². The number of hydrogen-bond donors (Lipinski definition) is 1. The van der Waals surface area contributed by atoms with Crippen LogP contribution in [0.3, 0.4) is 0 Å². The van der Waals surface area contributed by atoms with E-state index in [2.05, 4.69) is 10.5 Å². The summed E-state index contributed by atoms with van der Waals surface area (Å²) in [5, 5.41) is 7.27. The van der Waals surface area contributed by atoms with Crippen molar-refractivity contribution in [3.63, 3.8) is 0 Å². The summed E-state index contributed by atoms with van der Waals surface area (Å²) in [5.41, 5.74) is 1.71. The minimum absolute atomic E-state index is 0.0418. The molecule has 0 unspecified atom stereocenters. The highest BCUT2D eigenvalue weighted by Gasteiger charge is 2.42. The first kappa shape index (κ1) is 11.6. The van der Waals surface area contributed by atoms with Crippen LogP contribution in [0.15, 0.2) is 29.4 Å². The van der Waals surface area contributed by atoms with Crippen LogP contribution in [0.5, 0.6) is 0 Å². The van der Waals surface area contributed by atoms with Gasteiger partial charge in [0.25, 0.3) is 11.8 Å². The third-order valence-corrected chi connectivity index (χ3v) is 4.09. The van der Waals surface area contributed by atoms with Crippen molar-refractivity contribution < 1.29 is 14.4 Å². The Morgan fingerprint density at radius 3 is 2.60 bits per heavy atom. The number of nitrogens with zero attached hydrogens (tertiary/aromatic N) is 2. The average Bonchev–Trinajstić information content (AvgIpc) is 3.12. The second-order valence-corrected chi connectivity index (χ2v) is 5.23. The minimum atomic E-state index is -0.247. The van der Waals surface area contributed by atoms with E-state index >= 15 is 0 Å². The largest absolute Gasteiger partial charge is 0.390 e. The fraction of sp³-hybridized carbons (Fsp3) is 0.357. The normalized spacial score (nSPS) is 27.4. The zero-order valence-electron chi connectivity index (χ0n) is 10.7. The molecule has 0 radical (unpaired) electrons. The van der Waals surface area contributed by atoms with Gasteiger partial charge < -0.3 is 10.2 Å². The summed E-state index contributed by atoms with van der Waals surface area (Å²) in [4.78, 5) is 31.1. The van der Waals surface area contributed by atoms with E-state index < -0.39 is 0 Å². The zero-order chi connectivity index (χ0) is 13.7. The van der Waals surface area contributed by atoms with Gasteiger partial charge in [0.1, 0.15) is 6.10 Å². The van der Waals surface area contributed by atoms with Crippen molar-refractivity contribution in [1.29, 1.82) is 0 Å². The minimum Gasteiger partial charge on any atom is -0.390 e. The first-order chi connectivity index (χ1) is 9.75. The molecular formula is C14H13N3O3. The van der Waals surface area contributed by atoms with Crippen molar-refractivity contribution in [1.82, 2.24) is 10.2 Å². The van der Waals surface area contributed by atoms with Crippen molar-refractivity contribution in [3.05, 3.63) is 35.4 Å². The third kappa shape index (κ3) is 1.51. The fourth-order valence-corrected chi connectivity index (χ4v) is 2.99. The Hall–Kier alpha value is -2.21. The SMILES string of the molecule is O=C1c2ccccc2C(=O)N1CC1=NO[C@@H]2CNC[C@H]12. The fourth-order valence-electron chi connectivity index (χ4n) is 2.99. The molecule has 1 saturated heterocycles. The summed E-state index contributed by atoms with van der Waals surface area (Å²) in [6.45, 7) is 1.77. The molecule has 1 fully saturated rings. The summed E-state index contributed by atoms with van der Waals surface area (Å²) in [6, 6.07) is 6.90. The standard InChI is InChI=1S/C14H13N3O3/c18-13-8-3-1-2-4-9(8)14(19)17(13)7-11-10-5-15-6-12(10)20-16-11/h1-4,10,12,15H,5-7H2/t10-,12-/m1/s1. The van der Waals surface area contributed by atoms with Gasteiger partial charge in [-0.3, -0.25) is 14.5 Å². The lowest BCUT2D eigenvalue weighted by molar-refractivity contribution is 0.0676. The van der Waals surface area contributed by atoms with Gasteiger partial charge in [0.2, 0.25) is 0 Å². The maximum atomic E-state index is 12.3. The number of imide groups is 1. The molecule has 2 amide bonds. The molecule has 0 aliphatic carbocycles. The molecule has 3 heterocycles. The van der Waals surface area contributed by atoms with Crippen LogP contribution in [-0.4, -0.2) is 48.2 Å². The van der Waals surface area contributed by atoms with E-state index in [0.29, 0.717) is 11.1 Å². The van der Waals surface area contributed by atoms with Crippen molar-refractivity contribution in [3.8, 4) is 0 Å². The number of hydrogen-bond acceptors (Lipinski definition) is 5. The predicted molar refractivity (Wildman–Crippen MR) is 70.5 cm³/mol. The van der Waals surface area contributed by atoms with Gasteiger partial charge in [-0.25, -0.2) is 0 Å². The molecule has 0 aromatic heterocycles. The summed E-state index contributed by atoms with van der Waals surface area (Å²) in [5.74, 6) is -0.329. The molecule has 3 aliphatic rings. The van der Waals surface area contributed by atoms with Gasteiger partial charge >= 0.3 is 0 Å². The molecule has 0 spiro atoms. The van der Waals surface area contributed by atoms with Crippen molar-refractivity contribution in [2.45, 2.75) is 6.10 Å². The van der Waals surface area contributed by atoms with Gasteiger partial charge in [-0.15, -0.1) is 0 Å². The lowest BCUT2D eigenvalue weighted by atomic mass is 10.0. The number of nitrogens with one attached hydrogen (secondary N) is 1. The molecule has 2 atom stereocenters. The zero-order valence-corrected chi connectivity index (χ0v) is 10.7. The maximum Gasteiger partial charge on any atom is 0.261 e. The monoisotopic (exact) mass is 271 g/mol. The Morgan fingerprint density at radius 1 is 1.20 bits per heavy atom. The molecular weight excluding hydrogens is 258 g/mol. The Kier molecular flexibility index (Phi) is 2.40. The van der Waals surface area contributed by atoms with Gasteiger partial charge in [-0.1, -0.05) is 17.3 Å². The second kappa shape index (κ2) is 4.14. The van der Waals surface area contributed by atoms with Gasteiger partial charge in [0, 0.05) is 13.1 Å². The van der Waals surface area contributed by atoms with E-state index in [1.165, 1.54) is 4.90 Å². The van der Waals surface area contributed by atoms with Crippen LogP contribution in [0.2, 0.25) is 0 Å². The highest BCUT2D eigenvalue weighted by molar-refractivity contribution is 6.22. The van der Waals surface area contributed by atoms with E-state index in [1.807, 2.05) is 0 Å². The Bertz CT molecular complexity index is 605. The number of benzene rings is 1. The smallest absolute Gasteiger partial charge is 0.261 e. The summed E-state index contributed by atoms with van der Waals surface area (Å²) < 4.78 is 0. The molecule has 6 heteroatoms. The van der Waals surface area contributed by atoms with E-state index in [9.17, 15) is 9.59 Å². The number of carbonyl (C=O) groups is 2. The summed E-state index contributed by atoms with van der Waals surface area (Å²) in [7, 11) is 0. The maximum absolute atomic E-state index is 12.3. The summed E-state index contributed by atoms with van der Waals surface area (Å²) >= 11 is 0. The molecule has 1 N–H and O–H groups in total. The van der Waals surface area contributed by atoms with Crippen molar-refractivity contribution in [2.75, 3.05) is 19.6 Å². The molecule has 0 saturated carbocycles. The van der Waals surface area contributed by atoms with Gasteiger partial charge in [-0.2, -0.15) is 0 Å². The van der Waals surface area contributed by atoms with Crippen LogP contribution >= 0.6 is 0 Å². The Morgan fingerprint density at radius 2 is 1.90 bits per heavy atom. The lowest BCUT2D eigenvalue weighted by Gasteiger charge is -2.15. The highest BCUT2D eigenvalue weighted by atomic mass is 16.6. The van der Waals surface area contributed by atoms with Crippen LogP contribution in [0.25, 0.3) is 0 Å². The number of carbonyl (C=O) groups excluding carboxylic acids is 2. The van der Waals surface area contributed by atoms with E-state index in [0.717, 1.165) is 18.8 Å². The molecule has 6 nitrogen and oxygen atoms in total. The van der Waals surface area contributed by atoms with Crippen LogP contribution in [-0.2, 0) is 4.84 Å². The number of fused-ring (bicyclic) bond motifs is 2. The van der Waals surface area contributed by atoms with Crippen LogP contribution < -0.4 is 5.32 Å². The first-order valence-corrected chi connectivity index (χ1v) is 6.64. The Labute approximate surface area is 115 Å². The van der Waals surface area contributed by atoms with E-state index in [1.54, 1.807) is 24.3 Å². The molecule has 1 aromatic carbocycles. The predicted octanol–water partition coefficient (Wildman–Crippen LogP) is 0.257. The molecule has 0 bridgehead atoms. The van der Waals surface area contributed by atoms with Crippen LogP contribution in [0.1, 0.15) is 20.7 Å². The summed E-state index contributed by atoms with van der Waals surface area (Å²) in [6.07, 6.45) is 0.0418. The quantitative estimate of drug-likeness (QED) is 0.783. The second-order valence-electron chi connectivity index (χ2n) is 5.23. The van der Waals surface area contributed by atoms with Gasteiger partial charge in [0.05, 0.1) is 29.3 Å². The first-order valence-electron chi connectivity index (χ1n) is 6.64. The number of rotatable bonds is 2. The lowest BCUT2D eigenvalue weighted by Crippen LogP contribution is -2.38. The van der Waals surface area contributed by atoms with Gasteiger partial charge in [0.15, 0.2) is 0 Å². The molecule has 3 aliphatic heterocycles. The third-order valence-electron chi connectivity index (χ3n) is 4.09. The molecule has 20 heavy (non-hydrogen) atoms. The van der Waals surface area contributed by atoms with Crippen molar-refractivity contribution >= 4 is 17.5 Å². The highest BCUT2D eigenvalue weighted by Crippen LogP contribution is 2.26. The van der Waals surface area contributed by atoms with Gasteiger partial charge in [-0.05, 0) is 12.1 Å². The molecule has 4 rings (SSSR count). The van der Waals surface area contributed by atoms with Crippen molar-refractivity contribution in [2.24, 2.45) is 11.1 Å². The number of amides is 2. The molecule has 102 valence electrons. The topological polar surface area (TPSA) is 71.0 Å². The van der Waals surface area contributed by atoms with Crippen LogP contribution in [0.4, 0.5) is 0 Å². The van der Waals surface area contributed by atoms with Crippen LogP contribution in [0, 0.1) is 5.92 Å². The molecule has 1 aromatic rings.